The van der Waals surface area contributed by atoms with Crippen LogP contribution in [-0.2, 0) is 4.74 Å². The van der Waals surface area contributed by atoms with Crippen molar-refractivity contribution in [2.24, 2.45) is 0 Å². The number of nitrogens with two attached hydrogens (primary N) is 1. The lowest BCUT2D eigenvalue weighted by atomic mass is 10.1. The van der Waals surface area contributed by atoms with E-state index >= 15 is 0 Å². The summed E-state index contributed by atoms with van der Waals surface area (Å²) in [6.07, 6.45) is -0.634. The lowest BCUT2D eigenvalue weighted by Crippen LogP contribution is -2.16. The van der Waals surface area contributed by atoms with Crippen LogP contribution in [-0.4, -0.2) is 30.9 Å². The van der Waals surface area contributed by atoms with E-state index in [1.807, 2.05) is 0 Å². The van der Waals surface area contributed by atoms with E-state index < -0.39 is 12.1 Å². The fourth-order valence-electron chi connectivity index (χ4n) is 1.19. The third-order valence-corrected chi connectivity index (χ3v) is 1.92. The lowest BCUT2D eigenvalue weighted by Gasteiger charge is -2.13. The van der Waals surface area contributed by atoms with Gasteiger partial charge in [-0.25, -0.2) is 4.79 Å². The topological polar surface area (TPSA) is 81.8 Å². The average molecular weight is 225 g/mol. The Balaban J connectivity index is 2.99. The molecule has 0 heterocycles. The van der Waals surface area contributed by atoms with Crippen molar-refractivity contribution in [2.45, 2.75) is 13.0 Å². The normalized spacial score (nSPS) is 11.9. The van der Waals surface area contributed by atoms with Crippen LogP contribution in [0.1, 0.15) is 17.3 Å². The van der Waals surface area contributed by atoms with Crippen molar-refractivity contribution in [3.63, 3.8) is 0 Å². The molecule has 0 saturated heterocycles. The molecule has 5 nitrogen and oxygen atoms in total. The van der Waals surface area contributed by atoms with E-state index in [-0.39, 0.29) is 17.9 Å². The molecule has 0 aliphatic heterocycles. The zero-order chi connectivity index (χ0) is 12.1. The summed E-state index contributed by atoms with van der Waals surface area (Å²) in [5, 5.41) is 9.11. The minimum Gasteiger partial charge on any atom is -0.488 e. The number of ether oxygens (including phenoxy) is 2. The number of anilines is 1. The second-order valence-corrected chi connectivity index (χ2v) is 3.38. The molecule has 0 aliphatic rings. The first kappa shape index (κ1) is 12.3. The summed E-state index contributed by atoms with van der Waals surface area (Å²) in [6.45, 7) is 1.65. The van der Waals surface area contributed by atoms with Crippen LogP contribution in [0.5, 0.6) is 5.75 Å². The smallest absolute Gasteiger partial charge is 0.341 e. The highest BCUT2D eigenvalue weighted by atomic mass is 16.5. The molecule has 0 saturated carbocycles. The number of rotatable bonds is 4. The van der Waals surface area contributed by atoms with E-state index in [1.165, 1.54) is 7.11 Å². The minimum absolute atomic E-state index is 0.0677. The fourth-order valence-corrected chi connectivity index (χ4v) is 1.19. The molecule has 1 aromatic rings. The third kappa shape index (κ3) is 2.87. The molecule has 0 aromatic heterocycles. The van der Waals surface area contributed by atoms with Crippen molar-refractivity contribution < 1.29 is 19.4 Å². The fraction of sp³-hybridized carbons (Fsp3) is 0.364. The van der Waals surface area contributed by atoms with E-state index in [0.717, 1.165) is 0 Å². The molecule has 1 unspecified atom stereocenters. The van der Waals surface area contributed by atoms with Gasteiger partial charge in [-0.2, -0.15) is 0 Å². The first-order valence-corrected chi connectivity index (χ1v) is 4.84. The Morgan fingerprint density at radius 3 is 2.81 bits per heavy atom. The maximum atomic E-state index is 11.4. The van der Waals surface area contributed by atoms with Gasteiger partial charge in [-0.15, -0.1) is 0 Å². The number of nitrogen functional groups attached to an aromatic ring is 1. The van der Waals surface area contributed by atoms with Crippen LogP contribution in [0.25, 0.3) is 0 Å². The molecule has 0 bridgehead atoms. The number of benzene rings is 1. The summed E-state index contributed by atoms with van der Waals surface area (Å²) in [5.41, 5.74) is 6.28. The van der Waals surface area contributed by atoms with Crippen LogP contribution in [0.2, 0.25) is 0 Å². The summed E-state index contributed by atoms with van der Waals surface area (Å²) in [7, 11) is 1.28. The maximum absolute atomic E-state index is 11.4. The molecular formula is C11H15NO4. The van der Waals surface area contributed by atoms with Crippen LogP contribution in [0, 0.1) is 0 Å². The molecule has 3 N–H and O–H groups in total. The first-order valence-electron chi connectivity index (χ1n) is 4.84. The van der Waals surface area contributed by atoms with Crippen molar-refractivity contribution in [1.82, 2.24) is 0 Å². The van der Waals surface area contributed by atoms with E-state index in [9.17, 15) is 4.79 Å². The maximum Gasteiger partial charge on any atom is 0.341 e. The summed E-state index contributed by atoms with van der Waals surface area (Å²) in [4.78, 5) is 11.4. The highest BCUT2D eigenvalue weighted by molar-refractivity contribution is 5.94. The van der Waals surface area contributed by atoms with Gasteiger partial charge in [-0.1, -0.05) is 6.07 Å². The molecular weight excluding hydrogens is 210 g/mol. The molecule has 0 spiro atoms. The van der Waals surface area contributed by atoms with Crippen LogP contribution in [0.3, 0.4) is 0 Å². The zero-order valence-electron chi connectivity index (χ0n) is 9.27. The lowest BCUT2D eigenvalue weighted by molar-refractivity contribution is 0.0591. The molecule has 0 radical (unpaired) electrons. The van der Waals surface area contributed by atoms with Gasteiger partial charge in [0.05, 0.1) is 18.9 Å². The van der Waals surface area contributed by atoms with Crippen molar-refractivity contribution in [1.29, 1.82) is 0 Å². The average Bonchev–Trinajstić information content (AvgIpc) is 2.25. The van der Waals surface area contributed by atoms with Gasteiger partial charge < -0.3 is 20.3 Å². The Labute approximate surface area is 93.8 Å². The second kappa shape index (κ2) is 5.37. The van der Waals surface area contributed by atoms with Gasteiger partial charge >= 0.3 is 5.97 Å². The Hall–Kier alpha value is -1.75. The van der Waals surface area contributed by atoms with Crippen LogP contribution in [0.15, 0.2) is 18.2 Å². The molecule has 88 valence electrons. The Morgan fingerprint density at radius 2 is 2.25 bits per heavy atom. The summed E-state index contributed by atoms with van der Waals surface area (Å²) >= 11 is 0. The second-order valence-electron chi connectivity index (χ2n) is 3.38. The minimum atomic E-state index is -0.634. The van der Waals surface area contributed by atoms with Crippen molar-refractivity contribution in [3.05, 3.63) is 23.8 Å². The quantitative estimate of drug-likeness (QED) is 0.585. The van der Waals surface area contributed by atoms with Crippen LogP contribution < -0.4 is 10.5 Å². The van der Waals surface area contributed by atoms with Gasteiger partial charge in [0.1, 0.15) is 12.2 Å². The summed E-state index contributed by atoms with van der Waals surface area (Å²) in [5.74, 6) is -0.275. The third-order valence-electron chi connectivity index (χ3n) is 1.92. The molecule has 0 amide bonds. The van der Waals surface area contributed by atoms with E-state index in [2.05, 4.69) is 4.74 Å². The zero-order valence-corrected chi connectivity index (χ0v) is 9.27. The Bertz CT molecular complexity index is 376. The number of hydrogen-bond donors (Lipinski definition) is 2. The molecule has 0 fully saturated rings. The number of methoxy groups -OCH3 is 1. The highest BCUT2D eigenvalue weighted by Crippen LogP contribution is 2.27. The number of carbonyl (C=O) groups is 1. The SMILES string of the molecule is COC(=O)c1cccc(N)c1OCC(C)O. The standard InChI is InChI=1S/C11H15NO4/c1-7(13)6-16-10-8(11(14)15-2)4-3-5-9(10)12/h3-5,7,13H,6,12H2,1-2H3. The number of aliphatic hydroxyl groups is 1. The molecule has 1 atom stereocenters. The Kier molecular flexibility index (Phi) is 4.13. The van der Waals surface area contributed by atoms with Gasteiger partial charge in [0.2, 0.25) is 0 Å². The Morgan fingerprint density at radius 1 is 1.56 bits per heavy atom. The number of carbonyl (C=O) groups excluding carboxylic acids is 1. The predicted octanol–water partition coefficient (Wildman–Crippen LogP) is 0.815. The van der Waals surface area contributed by atoms with E-state index in [0.29, 0.717) is 5.69 Å². The van der Waals surface area contributed by atoms with Crippen molar-refractivity contribution in [2.75, 3.05) is 19.5 Å². The van der Waals surface area contributed by atoms with Crippen LogP contribution in [0.4, 0.5) is 5.69 Å². The first-order chi connectivity index (χ1) is 7.56. The molecule has 1 aromatic carbocycles. The number of para-hydroxylation sites is 1. The molecule has 16 heavy (non-hydrogen) atoms. The largest absolute Gasteiger partial charge is 0.488 e. The summed E-state index contributed by atoms with van der Waals surface area (Å²) in [6, 6.07) is 4.81. The number of hydrogen-bond acceptors (Lipinski definition) is 5. The van der Waals surface area contributed by atoms with Crippen molar-refractivity contribution >= 4 is 11.7 Å². The summed E-state index contributed by atoms with van der Waals surface area (Å²) < 4.78 is 9.88. The van der Waals surface area contributed by atoms with E-state index in [4.69, 9.17) is 15.6 Å². The van der Waals surface area contributed by atoms with Gasteiger partial charge in [-0.3, -0.25) is 0 Å². The van der Waals surface area contributed by atoms with Gasteiger partial charge in [0, 0.05) is 0 Å². The number of aliphatic hydroxyl groups excluding tert-OH is 1. The predicted molar refractivity (Wildman–Crippen MR) is 59.4 cm³/mol. The molecule has 5 heteroatoms. The monoisotopic (exact) mass is 225 g/mol. The van der Waals surface area contributed by atoms with Crippen molar-refractivity contribution in [3.8, 4) is 5.75 Å². The highest BCUT2D eigenvalue weighted by Gasteiger charge is 2.15. The van der Waals surface area contributed by atoms with Gasteiger partial charge in [0.15, 0.2) is 5.75 Å². The number of esters is 1. The molecule has 1 rings (SSSR count). The van der Waals surface area contributed by atoms with Gasteiger partial charge in [-0.05, 0) is 19.1 Å². The molecule has 0 aliphatic carbocycles. The van der Waals surface area contributed by atoms with E-state index in [1.54, 1.807) is 25.1 Å². The van der Waals surface area contributed by atoms with Crippen LogP contribution >= 0.6 is 0 Å². The van der Waals surface area contributed by atoms with Gasteiger partial charge in [0.25, 0.3) is 0 Å².